The number of carbonyl (C=O) groups is 2. The molecule has 0 atom stereocenters. The van der Waals surface area contributed by atoms with E-state index >= 15 is 0 Å². The van der Waals surface area contributed by atoms with Gasteiger partial charge in [-0.2, -0.15) is 0 Å². The van der Waals surface area contributed by atoms with Crippen LogP contribution in [0.2, 0.25) is 0 Å². The summed E-state index contributed by atoms with van der Waals surface area (Å²) >= 11 is 0. The van der Waals surface area contributed by atoms with Gasteiger partial charge in [0.05, 0.1) is 36.5 Å². The van der Waals surface area contributed by atoms with Crippen LogP contribution in [0.15, 0.2) is 53.4 Å². The summed E-state index contributed by atoms with van der Waals surface area (Å²) in [5, 5.41) is 1.59. The van der Waals surface area contributed by atoms with E-state index in [9.17, 15) is 18.0 Å². The van der Waals surface area contributed by atoms with Gasteiger partial charge < -0.3 is 4.74 Å². The van der Waals surface area contributed by atoms with Crippen LogP contribution in [0.3, 0.4) is 0 Å². The highest BCUT2D eigenvalue weighted by molar-refractivity contribution is 7.92. The van der Waals surface area contributed by atoms with Gasteiger partial charge in [0.25, 0.3) is 10.0 Å². The molecule has 8 heteroatoms. The first-order valence-electron chi connectivity index (χ1n) is 9.85. The van der Waals surface area contributed by atoms with Gasteiger partial charge in [0, 0.05) is 11.8 Å². The van der Waals surface area contributed by atoms with E-state index < -0.39 is 16.1 Å². The monoisotopic (exact) mass is 436 g/mol. The first-order valence-corrected chi connectivity index (χ1v) is 11.3. The Labute approximate surface area is 179 Å². The van der Waals surface area contributed by atoms with Crippen LogP contribution in [0.4, 0.5) is 16.2 Å². The summed E-state index contributed by atoms with van der Waals surface area (Å²) in [6.45, 7) is 2.00. The zero-order chi connectivity index (χ0) is 21.9. The van der Waals surface area contributed by atoms with E-state index in [2.05, 4.69) is 0 Å². The molecule has 0 N–H and O–H groups in total. The fourth-order valence-electron chi connectivity index (χ4n) is 4.43. The standard InChI is InChI=1S/C23H20N2O5S/c1-14-6-8-17(9-7-14)31(28,29)25-12-15-10-21-19(18-4-3-5-20(25)22(15)18)11-16(26)13-24(21)23(27)30-2/h3-10H,11-13H2,1-2H3. The van der Waals surface area contributed by atoms with Crippen molar-refractivity contribution in [3.8, 4) is 0 Å². The summed E-state index contributed by atoms with van der Waals surface area (Å²) in [4.78, 5) is 26.2. The molecule has 158 valence electrons. The van der Waals surface area contributed by atoms with Crippen LogP contribution in [0.1, 0.15) is 16.7 Å². The van der Waals surface area contributed by atoms with Crippen LogP contribution in [0.5, 0.6) is 0 Å². The quantitative estimate of drug-likeness (QED) is 0.613. The number of hydrogen-bond acceptors (Lipinski definition) is 5. The molecule has 0 spiro atoms. The molecule has 0 unspecified atom stereocenters. The fourth-order valence-corrected chi connectivity index (χ4v) is 5.88. The average Bonchev–Trinajstić information content (AvgIpc) is 3.14. The van der Waals surface area contributed by atoms with Crippen molar-refractivity contribution in [2.45, 2.75) is 24.8 Å². The Morgan fingerprint density at radius 1 is 1.03 bits per heavy atom. The van der Waals surface area contributed by atoms with Crippen molar-refractivity contribution < 1.29 is 22.7 Å². The molecule has 1 amide bonds. The number of benzene rings is 3. The number of amides is 1. The first-order chi connectivity index (χ1) is 14.8. The molecule has 2 heterocycles. The molecule has 0 saturated heterocycles. The third-order valence-corrected chi connectivity index (χ3v) is 7.67. The van der Waals surface area contributed by atoms with Crippen LogP contribution in [0.25, 0.3) is 10.8 Å². The number of carbonyl (C=O) groups excluding carboxylic acids is 2. The lowest BCUT2D eigenvalue weighted by atomic mass is 9.92. The fraction of sp³-hybridized carbons (Fsp3) is 0.217. The highest BCUT2D eigenvalue weighted by Crippen LogP contribution is 2.45. The highest BCUT2D eigenvalue weighted by Gasteiger charge is 2.36. The number of aryl methyl sites for hydroxylation is 1. The second-order valence-electron chi connectivity index (χ2n) is 7.83. The highest BCUT2D eigenvalue weighted by atomic mass is 32.2. The predicted molar refractivity (Wildman–Crippen MR) is 117 cm³/mol. The third kappa shape index (κ3) is 2.90. The van der Waals surface area contributed by atoms with E-state index in [-0.39, 0.29) is 30.2 Å². The molecule has 0 saturated carbocycles. The van der Waals surface area contributed by atoms with Gasteiger partial charge in [0.1, 0.15) is 0 Å². The number of ether oxygens (including phenoxy) is 1. The largest absolute Gasteiger partial charge is 0.452 e. The molecule has 2 aliphatic heterocycles. The maximum Gasteiger partial charge on any atom is 0.414 e. The van der Waals surface area contributed by atoms with Crippen LogP contribution < -0.4 is 9.21 Å². The molecule has 3 aromatic rings. The van der Waals surface area contributed by atoms with Crippen molar-refractivity contribution in [2.24, 2.45) is 0 Å². The lowest BCUT2D eigenvalue weighted by molar-refractivity contribution is -0.117. The minimum Gasteiger partial charge on any atom is -0.452 e. The summed E-state index contributed by atoms with van der Waals surface area (Å²) < 4.78 is 33.1. The number of ketones is 1. The van der Waals surface area contributed by atoms with Crippen LogP contribution in [-0.4, -0.2) is 33.9 Å². The Morgan fingerprint density at radius 3 is 2.48 bits per heavy atom. The smallest absolute Gasteiger partial charge is 0.414 e. The van der Waals surface area contributed by atoms with Gasteiger partial charge in [-0.1, -0.05) is 29.8 Å². The van der Waals surface area contributed by atoms with E-state index in [1.54, 1.807) is 36.4 Å². The topological polar surface area (TPSA) is 84.0 Å². The van der Waals surface area contributed by atoms with Crippen LogP contribution in [-0.2, 0) is 32.5 Å². The van der Waals surface area contributed by atoms with E-state index in [0.717, 1.165) is 27.5 Å². The molecule has 0 radical (unpaired) electrons. The lowest BCUT2D eigenvalue weighted by Gasteiger charge is -2.28. The number of hydrogen-bond donors (Lipinski definition) is 0. The van der Waals surface area contributed by atoms with E-state index in [1.807, 2.05) is 19.1 Å². The van der Waals surface area contributed by atoms with Gasteiger partial charge in [-0.15, -0.1) is 0 Å². The average molecular weight is 436 g/mol. The third-order valence-electron chi connectivity index (χ3n) is 5.89. The molecule has 0 fully saturated rings. The molecule has 2 aliphatic rings. The summed E-state index contributed by atoms with van der Waals surface area (Å²) in [7, 11) is -2.50. The molecular formula is C23H20N2O5S. The van der Waals surface area contributed by atoms with Crippen molar-refractivity contribution in [1.29, 1.82) is 0 Å². The number of anilines is 2. The van der Waals surface area contributed by atoms with Gasteiger partial charge in [0.15, 0.2) is 5.78 Å². The Kier molecular flexibility index (Phi) is 4.30. The Balaban J connectivity index is 1.70. The SMILES string of the molecule is COC(=O)N1CC(=O)Cc2c1cc1c3c(cccc23)N(S(=O)(=O)c2ccc(C)cc2)C1. The Hall–Kier alpha value is -3.39. The van der Waals surface area contributed by atoms with Gasteiger partial charge in [0.2, 0.25) is 0 Å². The van der Waals surface area contributed by atoms with Crippen molar-refractivity contribution in [1.82, 2.24) is 0 Å². The number of Topliss-reactive ketones (excluding diaryl/α,β-unsaturated/α-hetero) is 1. The molecule has 0 aromatic heterocycles. The predicted octanol–water partition coefficient (Wildman–Crippen LogP) is 3.56. The lowest BCUT2D eigenvalue weighted by Crippen LogP contribution is -2.40. The molecule has 3 aromatic carbocycles. The summed E-state index contributed by atoms with van der Waals surface area (Å²) in [6, 6.07) is 14.0. The molecule has 5 rings (SSSR count). The summed E-state index contributed by atoms with van der Waals surface area (Å²) in [6.07, 6.45) is -0.424. The normalized spacial score (nSPS) is 15.4. The number of nitrogens with zero attached hydrogens (tertiary/aromatic N) is 2. The summed E-state index contributed by atoms with van der Waals surface area (Å²) in [5.41, 5.74) is 3.67. The van der Waals surface area contributed by atoms with Gasteiger partial charge in [-0.05, 0) is 47.7 Å². The van der Waals surface area contributed by atoms with Gasteiger partial charge >= 0.3 is 6.09 Å². The minimum absolute atomic E-state index is 0.0598. The second-order valence-corrected chi connectivity index (χ2v) is 9.69. The van der Waals surface area contributed by atoms with Crippen molar-refractivity contribution >= 4 is 44.0 Å². The maximum atomic E-state index is 13.4. The van der Waals surface area contributed by atoms with Crippen LogP contribution >= 0.6 is 0 Å². The first kappa shape index (κ1) is 19.6. The van der Waals surface area contributed by atoms with Crippen molar-refractivity contribution in [3.63, 3.8) is 0 Å². The van der Waals surface area contributed by atoms with E-state index in [4.69, 9.17) is 4.74 Å². The zero-order valence-corrected chi connectivity index (χ0v) is 17.9. The van der Waals surface area contributed by atoms with Gasteiger partial charge in [-0.25, -0.2) is 13.2 Å². The molecule has 7 nitrogen and oxygen atoms in total. The molecule has 31 heavy (non-hydrogen) atoms. The number of sulfonamides is 1. The van der Waals surface area contributed by atoms with Gasteiger partial charge in [-0.3, -0.25) is 14.0 Å². The Morgan fingerprint density at radius 2 is 1.77 bits per heavy atom. The number of methoxy groups -OCH3 is 1. The molecule has 0 aliphatic carbocycles. The van der Waals surface area contributed by atoms with Crippen molar-refractivity contribution in [2.75, 3.05) is 22.9 Å². The van der Waals surface area contributed by atoms with Crippen LogP contribution in [0, 0.1) is 6.92 Å². The zero-order valence-electron chi connectivity index (χ0n) is 17.1. The number of fused-ring (bicyclic) bond motifs is 2. The maximum absolute atomic E-state index is 13.4. The molecule has 0 bridgehead atoms. The summed E-state index contributed by atoms with van der Waals surface area (Å²) in [5.74, 6) is -0.0965. The number of rotatable bonds is 2. The van der Waals surface area contributed by atoms with E-state index in [0.29, 0.717) is 11.4 Å². The van der Waals surface area contributed by atoms with Crippen molar-refractivity contribution in [3.05, 3.63) is 65.2 Å². The van der Waals surface area contributed by atoms with E-state index in [1.165, 1.54) is 16.3 Å². The second kappa shape index (κ2) is 6.81. The Bertz CT molecular complexity index is 1360. The minimum atomic E-state index is -3.78. The molecular weight excluding hydrogens is 416 g/mol.